The third-order valence-corrected chi connectivity index (χ3v) is 3.17. The van der Waals surface area contributed by atoms with Crippen molar-refractivity contribution in [2.24, 2.45) is 5.92 Å². The van der Waals surface area contributed by atoms with E-state index in [0.717, 1.165) is 18.5 Å². The lowest BCUT2D eigenvalue weighted by Gasteiger charge is -2.04. The molecule has 1 rings (SSSR count). The highest BCUT2D eigenvalue weighted by Crippen LogP contribution is 2.13. The second-order valence-electron chi connectivity index (χ2n) is 4.20. The van der Waals surface area contributed by atoms with Crippen LogP contribution in [0.3, 0.4) is 0 Å². The average Bonchev–Trinajstić information content (AvgIpc) is 2.25. The Balaban J connectivity index is 2.71. The molecule has 4 nitrogen and oxygen atoms in total. The fraction of sp³-hybridized carbons (Fsp3) is 0.583. The fourth-order valence-electron chi connectivity index (χ4n) is 1.24. The Morgan fingerprint density at radius 1 is 1.53 bits per heavy atom. The van der Waals surface area contributed by atoms with E-state index in [9.17, 15) is 9.59 Å². The molecule has 0 fully saturated rings. The lowest BCUT2D eigenvalue weighted by atomic mass is 10.1. The molecule has 5 heteroatoms. The van der Waals surface area contributed by atoms with E-state index in [-0.39, 0.29) is 17.3 Å². The van der Waals surface area contributed by atoms with Gasteiger partial charge in [-0.1, -0.05) is 39.0 Å². The van der Waals surface area contributed by atoms with Crippen molar-refractivity contribution in [3.05, 3.63) is 22.1 Å². The maximum atomic E-state index is 11.5. The minimum absolute atomic E-state index is 0.0213. The number of Topliss-reactive ketones (excluding diaryl/α,β-unsaturated/α-hetero) is 1. The summed E-state index contributed by atoms with van der Waals surface area (Å²) in [5.41, 5.74) is 0.638. The molecule has 0 bridgehead atoms. The van der Waals surface area contributed by atoms with E-state index in [1.807, 2.05) is 20.8 Å². The van der Waals surface area contributed by atoms with Gasteiger partial charge < -0.3 is 4.98 Å². The Morgan fingerprint density at radius 3 is 2.82 bits per heavy atom. The predicted molar refractivity (Wildman–Crippen MR) is 69.4 cm³/mol. The van der Waals surface area contributed by atoms with Gasteiger partial charge in [-0.2, -0.15) is 0 Å². The molecule has 0 aromatic carbocycles. The van der Waals surface area contributed by atoms with Crippen molar-refractivity contribution in [3.63, 3.8) is 0 Å². The van der Waals surface area contributed by atoms with Crippen LogP contribution in [0.1, 0.15) is 32.9 Å². The zero-order valence-electron chi connectivity index (χ0n) is 10.4. The zero-order valence-corrected chi connectivity index (χ0v) is 11.3. The Bertz CT molecular complexity index is 440. The number of hydrogen-bond donors (Lipinski definition) is 1. The molecule has 0 atom stereocenters. The molecule has 17 heavy (non-hydrogen) atoms. The van der Waals surface area contributed by atoms with Gasteiger partial charge in [0.25, 0.3) is 5.56 Å². The second kappa shape index (κ2) is 6.59. The number of nitrogens with one attached hydrogen (secondary N) is 1. The van der Waals surface area contributed by atoms with Crippen LogP contribution in [0.25, 0.3) is 0 Å². The summed E-state index contributed by atoms with van der Waals surface area (Å²) in [5.74, 6) is 0.544. The third kappa shape index (κ3) is 4.73. The van der Waals surface area contributed by atoms with E-state index in [0.29, 0.717) is 10.9 Å². The number of rotatable bonds is 6. The number of aromatic amines is 1. The number of aryl methyl sites for hydroxylation is 1. The topological polar surface area (TPSA) is 62.8 Å². The second-order valence-corrected chi connectivity index (χ2v) is 5.17. The highest BCUT2D eigenvalue weighted by Gasteiger charge is 2.09. The number of aromatic nitrogens is 2. The van der Waals surface area contributed by atoms with Crippen molar-refractivity contribution in [2.75, 3.05) is 5.75 Å². The molecule has 0 unspecified atom stereocenters. The number of carbonyl (C=O) groups is 1. The number of ketones is 1. The van der Waals surface area contributed by atoms with Gasteiger partial charge >= 0.3 is 0 Å². The Labute approximate surface area is 105 Å². The summed E-state index contributed by atoms with van der Waals surface area (Å²) >= 11 is 1.29. The molecule has 1 N–H and O–H groups in total. The van der Waals surface area contributed by atoms with Gasteiger partial charge in [-0.3, -0.25) is 9.59 Å². The zero-order chi connectivity index (χ0) is 12.8. The SMILES string of the molecule is CCCc1cc(=O)[nH]c(SCC(=O)C(C)C)n1. The lowest BCUT2D eigenvalue weighted by Crippen LogP contribution is -2.13. The third-order valence-electron chi connectivity index (χ3n) is 2.27. The van der Waals surface area contributed by atoms with E-state index in [1.54, 1.807) is 0 Å². The van der Waals surface area contributed by atoms with E-state index in [4.69, 9.17) is 0 Å². The van der Waals surface area contributed by atoms with Crippen molar-refractivity contribution < 1.29 is 4.79 Å². The summed E-state index contributed by atoms with van der Waals surface area (Å²) in [4.78, 5) is 29.8. The fourth-order valence-corrected chi connectivity index (χ4v) is 2.21. The molecule has 0 aliphatic rings. The molecule has 0 saturated heterocycles. The molecule has 0 radical (unpaired) electrons. The standard InChI is InChI=1S/C12H18N2O2S/c1-4-5-9-6-11(16)14-12(13-9)17-7-10(15)8(2)3/h6,8H,4-5,7H2,1-3H3,(H,13,14,16). The van der Waals surface area contributed by atoms with E-state index in [1.165, 1.54) is 17.8 Å². The Kier molecular flexibility index (Phi) is 5.41. The van der Waals surface area contributed by atoms with Gasteiger partial charge in [0.2, 0.25) is 0 Å². The maximum absolute atomic E-state index is 11.5. The Hall–Kier alpha value is -1.10. The molecule has 0 aliphatic heterocycles. The molecule has 0 aliphatic carbocycles. The average molecular weight is 254 g/mol. The summed E-state index contributed by atoms with van der Waals surface area (Å²) in [6.45, 7) is 5.77. The van der Waals surface area contributed by atoms with Crippen LogP contribution in [0.15, 0.2) is 16.0 Å². The quantitative estimate of drug-likeness (QED) is 0.623. The van der Waals surface area contributed by atoms with Gasteiger partial charge in [0.15, 0.2) is 5.16 Å². The Morgan fingerprint density at radius 2 is 2.24 bits per heavy atom. The molecular formula is C12H18N2O2S. The van der Waals surface area contributed by atoms with Gasteiger partial charge in [-0.15, -0.1) is 0 Å². The molecule has 0 spiro atoms. The van der Waals surface area contributed by atoms with Crippen LogP contribution >= 0.6 is 11.8 Å². The largest absolute Gasteiger partial charge is 0.301 e. The monoisotopic (exact) mass is 254 g/mol. The van der Waals surface area contributed by atoms with E-state index in [2.05, 4.69) is 9.97 Å². The summed E-state index contributed by atoms with van der Waals surface area (Å²) in [6.07, 6.45) is 1.74. The van der Waals surface area contributed by atoms with Crippen molar-refractivity contribution in [2.45, 2.75) is 38.8 Å². The number of nitrogens with zero attached hydrogens (tertiary/aromatic N) is 1. The lowest BCUT2D eigenvalue weighted by molar-refractivity contribution is -0.119. The molecule has 1 heterocycles. The molecule has 94 valence electrons. The van der Waals surface area contributed by atoms with Crippen molar-refractivity contribution in [1.82, 2.24) is 9.97 Å². The minimum Gasteiger partial charge on any atom is -0.301 e. The summed E-state index contributed by atoms with van der Waals surface area (Å²) in [5, 5.41) is 0.537. The number of carbonyl (C=O) groups excluding carboxylic acids is 1. The van der Waals surface area contributed by atoms with Gasteiger partial charge in [0.1, 0.15) is 5.78 Å². The molecule has 0 saturated carbocycles. The predicted octanol–water partition coefficient (Wildman–Crippen LogP) is 2.04. The van der Waals surface area contributed by atoms with Crippen LogP contribution < -0.4 is 5.56 Å². The molecule has 1 aromatic rings. The number of thioether (sulfide) groups is 1. The highest BCUT2D eigenvalue weighted by molar-refractivity contribution is 7.99. The van der Waals surface area contributed by atoms with Crippen LogP contribution in [-0.4, -0.2) is 21.5 Å². The first-order chi connectivity index (χ1) is 8.02. The van der Waals surface area contributed by atoms with Crippen LogP contribution in [-0.2, 0) is 11.2 Å². The van der Waals surface area contributed by atoms with Crippen LogP contribution in [0.2, 0.25) is 0 Å². The van der Waals surface area contributed by atoms with Crippen LogP contribution in [0, 0.1) is 5.92 Å². The first kappa shape index (κ1) is 14.0. The van der Waals surface area contributed by atoms with Crippen molar-refractivity contribution in [1.29, 1.82) is 0 Å². The van der Waals surface area contributed by atoms with Crippen LogP contribution in [0.5, 0.6) is 0 Å². The number of hydrogen-bond acceptors (Lipinski definition) is 4. The van der Waals surface area contributed by atoms with Gasteiger partial charge in [0, 0.05) is 17.7 Å². The maximum Gasteiger partial charge on any atom is 0.251 e. The number of H-pyrrole nitrogens is 1. The minimum atomic E-state index is -0.150. The van der Waals surface area contributed by atoms with E-state index < -0.39 is 0 Å². The first-order valence-electron chi connectivity index (χ1n) is 5.78. The smallest absolute Gasteiger partial charge is 0.251 e. The van der Waals surface area contributed by atoms with Gasteiger partial charge in [0.05, 0.1) is 5.75 Å². The summed E-state index contributed by atoms with van der Waals surface area (Å²) in [6, 6.07) is 1.51. The summed E-state index contributed by atoms with van der Waals surface area (Å²) in [7, 11) is 0. The van der Waals surface area contributed by atoms with Crippen LogP contribution in [0.4, 0.5) is 0 Å². The normalized spacial score (nSPS) is 10.8. The highest BCUT2D eigenvalue weighted by atomic mass is 32.2. The van der Waals surface area contributed by atoms with Crippen molar-refractivity contribution in [3.8, 4) is 0 Å². The molecular weight excluding hydrogens is 236 g/mol. The molecule has 0 amide bonds. The van der Waals surface area contributed by atoms with Gasteiger partial charge in [-0.05, 0) is 6.42 Å². The van der Waals surface area contributed by atoms with Gasteiger partial charge in [-0.25, -0.2) is 4.98 Å². The summed E-state index contributed by atoms with van der Waals surface area (Å²) < 4.78 is 0. The van der Waals surface area contributed by atoms with Crippen molar-refractivity contribution >= 4 is 17.5 Å². The molecule has 1 aromatic heterocycles. The first-order valence-corrected chi connectivity index (χ1v) is 6.77. The van der Waals surface area contributed by atoms with E-state index >= 15 is 0 Å².